The molecule has 0 spiro atoms. The van der Waals surface area contributed by atoms with Gasteiger partial charge in [-0.15, -0.1) is 0 Å². The lowest BCUT2D eigenvalue weighted by Crippen LogP contribution is -2.27. The highest BCUT2D eigenvalue weighted by molar-refractivity contribution is 5.78. The standard InChI is InChI=1S/C8H14N4O2/c9-11-10-5-7-4-8(14)12(6-7)2-1-3-13/h7,13H,1-6H2. The van der Waals surface area contributed by atoms with Crippen molar-refractivity contribution in [2.75, 3.05) is 26.2 Å². The van der Waals surface area contributed by atoms with Gasteiger partial charge in [0.05, 0.1) is 0 Å². The first-order valence-electron chi connectivity index (χ1n) is 4.67. The van der Waals surface area contributed by atoms with Gasteiger partial charge in [0.1, 0.15) is 0 Å². The van der Waals surface area contributed by atoms with Crippen LogP contribution in [-0.2, 0) is 4.79 Å². The Kier molecular flexibility index (Phi) is 4.22. The van der Waals surface area contributed by atoms with Gasteiger partial charge >= 0.3 is 0 Å². The fraction of sp³-hybridized carbons (Fsp3) is 0.875. The summed E-state index contributed by atoms with van der Waals surface area (Å²) >= 11 is 0. The summed E-state index contributed by atoms with van der Waals surface area (Å²) < 4.78 is 0. The van der Waals surface area contributed by atoms with Gasteiger partial charge in [0, 0.05) is 37.6 Å². The molecule has 0 aromatic rings. The van der Waals surface area contributed by atoms with Gasteiger partial charge in [0.25, 0.3) is 0 Å². The minimum absolute atomic E-state index is 0.0941. The van der Waals surface area contributed by atoms with Crippen LogP contribution in [-0.4, -0.2) is 42.2 Å². The van der Waals surface area contributed by atoms with Crippen molar-refractivity contribution >= 4 is 5.91 Å². The minimum Gasteiger partial charge on any atom is -0.396 e. The van der Waals surface area contributed by atoms with E-state index in [4.69, 9.17) is 10.6 Å². The second-order valence-corrected chi connectivity index (χ2v) is 3.40. The normalized spacial score (nSPS) is 21.1. The van der Waals surface area contributed by atoms with E-state index in [0.717, 1.165) is 0 Å². The molecule has 1 aliphatic rings. The van der Waals surface area contributed by atoms with Crippen molar-refractivity contribution in [2.45, 2.75) is 12.8 Å². The Labute approximate surface area is 82.1 Å². The fourth-order valence-electron chi connectivity index (χ4n) is 1.61. The number of carbonyl (C=O) groups is 1. The molecule has 78 valence electrons. The molecule has 6 heteroatoms. The monoisotopic (exact) mass is 198 g/mol. The zero-order valence-corrected chi connectivity index (χ0v) is 7.96. The molecule has 1 N–H and O–H groups in total. The summed E-state index contributed by atoms with van der Waals surface area (Å²) in [5.74, 6) is 0.244. The number of azide groups is 1. The average Bonchev–Trinajstić information content (AvgIpc) is 2.53. The van der Waals surface area contributed by atoms with Gasteiger partial charge in [-0.2, -0.15) is 0 Å². The number of nitrogens with zero attached hydrogens (tertiary/aromatic N) is 4. The van der Waals surface area contributed by atoms with Crippen LogP contribution in [0.25, 0.3) is 10.4 Å². The molecule has 14 heavy (non-hydrogen) atoms. The number of aliphatic hydroxyl groups excluding tert-OH is 1. The highest BCUT2D eigenvalue weighted by Gasteiger charge is 2.28. The van der Waals surface area contributed by atoms with E-state index < -0.39 is 0 Å². The highest BCUT2D eigenvalue weighted by atomic mass is 16.3. The third kappa shape index (κ3) is 2.90. The number of rotatable bonds is 5. The van der Waals surface area contributed by atoms with Crippen molar-refractivity contribution in [1.82, 2.24) is 4.90 Å². The molecule has 1 unspecified atom stereocenters. The van der Waals surface area contributed by atoms with Gasteiger partial charge in [-0.3, -0.25) is 4.79 Å². The first-order chi connectivity index (χ1) is 6.77. The largest absolute Gasteiger partial charge is 0.396 e. The molecular weight excluding hydrogens is 184 g/mol. The number of aliphatic hydroxyl groups is 1. The minimum atomic E-state index is 0.0941. The molecule has 6 nitrogen and oxygen atoms in total. The molecule has 0 aliphatic carbocycles. The molecule has 1 rings (SSSR count). The van der Waals surface area contributed by atoms with Crippen molar-refractivity contribution in [3.8, 4) is 0 Å². The third-order valence-corrected chi connectivity index (χ3v) is 2.28. The summed E-state index contributed by atoms with van der Waals surface area (Å²) in [5.41, 5.74) is 8.13. The Morgan fingerprint density at radius 3 is 3.14 bits per heavy atom. The van der Waals surface area contributed by atoms with Crippen LogP contribution in [0.4, 0.5) is 0 Å². The van der Waals surface area contributed by atoms with E-state index in [9.17, 15) is 4.79 Å². The van der Waals surface area contributed by atoms with Crippen molar-refractivity contribution in [2.24, 2.45) is 11.0 Å². The van der Waals surface area contributed by atoms with Gasteiger partial charge in [0.15, 0.2) is 0 Å². The molecule has 1 fully saturated rings. The van der Waals surface area contributed by atoms with Crippen LogP contribution >= 0.6 is 0 Å². The maximum atomic E-state index is 11.4. The molecule has 1 heterocycles. The lowest BCUT2D eigenvalue weighted by molar-refractivity contribution is -0.127. The summed E-state index contributed by atoms with van der Waals surface area (Å²) in [6.45, 7) is 1.74. The van der Waals surface area contributed by atoms with Crippen molar-refractivity contribution in [1.29, 1.82) is 0 Å². The molecule has 0 saturated carbocycles. The van der Waals surface area contributed by atoms with Gasteiger partial charge < -0.3 is 10.0 Å². The number of amides is 1. The predicted molar refractivity (Wildman–Crippen MR) is 50.4 cm³/mol. The molecule has 1 saturated heterocycles. The predicted octanol–water partition coefficient (Wildman–Crippen LogP) is 0.528. The zero-order valence-electron chi connectivity index (χ0n) is 7.96. The maximum absolute atomic E-state index is 11.4. The molecule has 1 amide bonds. The second-order valence-electron chi connectivity index (χ2n) is 3.40. The van der Waals surface area contributed by atoms with E-state index in [1.54, 1.807) is 4.90 Å². The summed E-state index contributed by atoms with van der Waals surface area (Å²) in [4.78, 5) is 15.7. The van der Waals surface area contributed by atoms with Crippen LogP contribution in [0, 0.1) is 5.92 Å². The first kappa shape index (κ1) is 10.8. The average molecular weight is 198 g/mol. The van der Waals surface area contributed by atoms with Crippen molar-refractivity contribution in [3.63, 3.8) is 0 Å². The van der Waals surface area contributed by atoms with Crippen LogP contribution < -0.4 is 0 Å². The van der Waals surface area contributed by atoms with E-state index >= 15 is 0 Å². The highest BCUT2D eigenvalue weighted by Crippen LogP contribution is 2.18. The van der Waals surface area contributed by atoms with Gasteiger partial charge in [0.2, 0.25) is 5.91 Å². The van der Waals surface area contributed by atoms with E-state index in [1.165, 1.54) is 0 Å². The van der Waals surface area contributed by atoms with Gasteiger partial charge in [-0.05, 0) is 17.9 Å². The molecule has 1 aliphatic heterocycles. The molecule has 0 aromatic heterocycles. The first-order valence-corrected chi connectivity index (χ1v) is 4.67. The van der Waals surface area contributed by atoms with Crippen LogP contribution in [0.5, 0.6) is 0 Å². The molecule has 1 atom stereocenters. The Morgan fingerprint density at radius 1 is 1.71 bits per heavy atom. The molecule has 0 bridgehead atoms. The molecule has 0 aromatic carbocycles. The van der Waals surface area contributed by atoms with E-state index in [2.05, 4.69) is 10.0 Å². The van der Waals surface area contributed by atoms with Crippen molar-refractivity contribution in [3.05, 3.63) is 10.4 Å². The number of likely N-dealkylation sites (tertiary alicyclic amines) is 1. The summed E-state index contributed by atoms with van der Waals surface area (Å²) in [6, 6.07) is 0. The quantitative estimate of drug-likeness (QED) is 0.396. The topological polar surface area (TPSA) is 89.3 Å². The number of hydrogen-bond donors (Lipinski definition) is 1. The maximum Gasteiger partial charge on any atom is 0.222 e. The van der Waals surface area contributed by atoms with E-state index in [0.29, 0.717) is 32.5 Å². The fourth-order valence-corrected chi connectivity index (χ4v) is 1.61. The van der Waals surface area contributed by atoms with Crippen LogP contribution in [0.3, 0.4) is 0 Å². The van der Waals surface area contributed by atoms with E-state index in [-0.39, 0.29) is 18.4 Å². The second kappa shape index (κ2) is 5.47. The van der Waals surface area contributed by atoms with Crippen LogP contribution in [0.1, 0.15) is 12.8 Å². The van der Waals surface area contributed by atoms with Crippen LogP contribution in [0.2, 0.25) is 0 Å². The summed E-state index contributed by atoms with van der Waals surface area (Å²) in [5, 5.41) is 12.1. The van der Waals surface area contributed by atoms with Gasteiger partial charge in [-0.25, -0.2) is 0 Å². The zero-order chi connectivity index (χ0) is 10.4. The molecule has 0 radical (unpaired) electrons. The van der Waals surface area contributed by atoms with Crippen LogP contribution in [0.15, 0.2) is 5.11 Å². The van der Waals surface area contributed by atoms with Gasteiger partial charge in [-0.1, -0.05) is 5.11 Å². The Morgan fingerprint density at radius 2 is 2.50 bits per heavy atom. The third-order valence-electron chi connectivity index (χ3n) is 2.28. The molecular formula is C8H14N4O2. The lowest BCUT2D eigenvalue weighted by Gasteiger charge is -2.14. The summed E-state index contributed by atoms with van der Waals surface area (Å²) in [6.07, 6.45) is 1.07. The SMILES string of the molecule is [N-]=[N+]=NCC1CC(=O)N(CCCO)C1. The van der Waals surface area contributed by atoms with Crippen molar-refractivity contribution < 1.29 is 9.90 Å². The van der Waals surface area contributed by atoms with E-state index in [1.807, 2.05) is 0 Å². The Bertz CT molecular complexity index is 250. The smallest absolute Gasteiger partial charge is 0.222 e. The number of carbonyl (C=O) groups excluding carboxylic acids is 1. The Balaban J connectivity index is 2.35. The lowest BCUT2D eigenvalue weighted by atomic mass is 10.1. The summed E-state index contributed by atoms with van der Waals surface area (Å²) in [7, 11) is 0. The Hall–Kier alpha value is -1.26. The number of hydrogen-bond acceptors (Lipinski definition) is 3.